The Morgan fingerprint density at radius 1 is 1.21 bits per heavy atom. The van der Waals surface area contributed by atoms with Crippen molar-refractivity contribution < 1.29 is 5.11 Å². The molecule has 3 aromatic rings. The molecule has 2 heterocycles. The summed E-state index contributed by atoms with van der Waals surface area (Å²) < 4.78 is 1.26. The minimum atomic E-state index is -0.524. The third-order valence-electron chi connectivity index (χ3n) is 3.20. The van der Waals surface area contributed by atoms with Crippen molar-refractivity contribution in [1.29, 1.82) is 0 Å². The van der Waals surface area contributed by atoms with Crippen LogP contribution in [0.2, 0.25) is 5.02 Å². The summed E-state index contributed by atoms with van der Waals surface area (Å²) in [4.78, 5) is 0.870. The van der Waals surface area contributed by atoms with E-state index in [1.54, 1.807) is 11.3 Å². The van der Waals surface area contributed by atoms with E-state index in [9.17, 15) is 5.11 Å². The number of aliphatic hydroxyl groups excluding tert-OH is 1. The highest BCUT2D eigenvalue weighted by Gasteiger charge is 2.17. The van der Waals surface area contributed by atoms with Crippen molar-refractivity contribution in [2.75, 3.05) is 0 Å². The monoisotopic (exact) mass is 308 g/mol. The van der Waals surface area contributed by atoms with Crippen molar-refractivity contribution >= 4 is 44.4 Å². The number of hydrogen-bond acceptors (Lipinski definition) is 3. The fraction of sp³-hybridized carbons (Fsp3) is 0.200. The van der Waals surface area contributed by atoms with Crippen LogP contribution in [0.25, 0.3) is 10.1 Å². The molecule has 98 valence electrons. The molecule has 0 spiro atoms. The van der Waals surface area contributed by atoms with Crippen LogP contribution in [-0.2, 0) is 6.42 Å². The molecule has 0 amide bonds. The predicted octanol–water partition coefficient (Wildman–Crippen LogP) is 5.20. The molecule has 2 aromatic heterocycles. The second-order valence-electron chi connectivity index (χ2n) is 4.57. The zero-order chi connectivity index (χ0) is 13.4. The highest BCUT2D eigenvalue weighted by atomic mass is 35.5. The number of hydrogen-bond donors (Lipinski definition) is 1. The molecule has 0 bridgehead atoms. The van der Waals surface area contributed by atoms with Crippen LogP contribution < -0.4 is 0 Å². The summed E-state index contributed by atoms with van der Waals surface area (Å²) in [5, 5.41) is 16.4. The summed E-state index contributed by atoms with van der Waals surface area (Å²) in [6.45, 7) is 1.97. The zero-order valence-corrected chi connectivity index (χ0v) is 12.8. The molecule has 0 saturated heterocycles. The summed E-state index contributed by atoms with van der Waals surface area (Å²) in [6, 6.07) is 8.29. The Hall–Kier alpha value is -0.870. The standard InChI is InChI=1S/C15H13ClOS2/c1-9-7-19-15(14(9)16)12(17)6-10-8-18-13-5-3-2-4-11(10)13/h2-5,7-8,12,17H,6H2,1H3. The molecule has 4 heteroatoms. The van der Waals surface area contributed by atoms with Crippen LogP contribution in [0.5, 0.6) is 0 Å². The largest absolute Gasteiger partial charge is 0.387 e. The van der Waals surface area contributed by atoms with Gasteiger partial charge in [0.25, 0.3) is 0 Å². The molecule has 19 heavy (non-hydrogen) atoms. The van der Waals surface area contributed by atoms with Crippen molar-refractivity contribution in [3.05, 3.63) is 56.1 Å². The Morgan fingerprint density at radius 2 is 2.00 bits per heavy atom. The molecule has 0 aliphatic carbocycles. The number of fused-ring (bicyclic) bond motifs is 1. The predicted molar refractivity (Wildman–Crippen MR) is 84.6 cm³/mol. The minimum Gasteiger partial charge on any atom is -0.387 e. The van der Waals surface area contributed by atoms with Gasteiger partial charge in [0.15, 0.2) is 0 Å². The van der Waals surface area contributed by atoms with Gasteiger partial charge < -0.3 is 5.11 Å². The van der Waals surface area contributed by atoms with Gasteiger partial charge in [0, 0.05) is 11.1 Å². The van der Waals surface area contributed by atoms with Gasteiger partial charge in [0.1, 0.15) is 0 Å². The smallest absolute Gasteiger partial charge is 0.0937 e. The van der Waals surface area contributed by atoms with E-state index in [0.29, 0.717) is 11.4 Å². The highest BCUT2D eigenvalue weighted by Crippen LogP contribution is 2.36. The number of aliphatic hydroxyl groups is 1. The van der Waals surface area contributed by atoms with Gasteiger partial charge in [-0.2, -0.15) is 0 Å². The Kier molecular flexibility index (Phi) is 3.63. The molecule has 0 radical (unpaired) electrons. The fourth-order valence-corrected chi connectivity index (χ4v) is 4.45. The van der Waals surface area contributed by atoms with Gasteiger partial charge in [-0.05, 0) is 40.3 Å². The third kappa shape index (κ3) is 2.43. The Balaban J connectivity index is 1.91. The molecule has 0 saturated carbocycles. The quantitative estimate of drug-likeness (QED) is 0.705. The first-order valence-electron chi connectivity index (χ1n) is 6.03. The summed E-state index contributed by atoms with van der Waals surface area (Å²) >= 11 is 9.47. The summed E-state index contributed by atoms with van der Waals surface area (Å²) in [6.07, 6.45) is 0.0909. The van der Waals surface area contributed by atoms with Gasteiger partial charge in [0.2, 0.25) is 0 Å². The molecule has 0 fully saturated rings. The lowest BCUT2D eigenvalue weighted by Gasteiger charge is -2.09. The summed E-state index contributed by atoms with van der Waals surface area (Å²) in [7, 11) is 0. The number of thiophene rings is 2. The van der Waals surface area contributed by atoms with E-state index in [0.717, 1.165) is 10.4 Å². The lowest BCUT2D eigenvalue weighted by atomic mass is 10.1. The highest BCUT2D eigenvalue weighted by molar-refractivity contribution is 7.17. The Morgan fingerprint density at radius 3 is 2.74 bits per heavy atom. The number of halogens is 1. The fourth-order valence-electron chi connectivity index (χ4n) is 2.17. The molecule has 1 atom stereocenters. The van der Waals surface area contributed by atoms with Gasteiger partial charge in [-0.25, -0.2) is 0 Å². The lowest BCUT2D eigenvalue weighted by molar-refractivity contribution is 0.183. The second kappa shape index (κ2) is 5.25. The summed E-state index contributed by atoms with van der Waals surface area (Å²) in [5.41, 5.74) is 2.23. The van der Waals surface area contributed by atoms with Crippen molar-refractivity contribution in [2.45, 2.75) is 19.4 Å². The minimum absolute atomic E-state index is 0.524. The molecule has 0 aliphatic heterocycles. The van der Waals surface area contributed by atoms with Gasteiger partial charge in [-0.15, -0.1) is 22.7 Å². The first kappa shape index (κ1) is 13.1. The molecular weight excluding hydrogens is 296 g/mol. The average molecular weight is 309 g/mol. The van der Waals surface area contributed by atoms with Crippen LogP contribution in [-0.4, -0.2) is 5.11 Å². The van der Waals surface area contributed by atoms with Crippen molar-refractivity contribution in [2.24, 2.45) is 0 Å². The lowest BCUT2D eigenvalue weighted by Crippen LogP contribution is -1.99. The maximum absolute atomic E-state index is 10.4. The number of aryl methyl sites for hydroxylation is 1. The SMILES string of the molecule is Cc1csc(C(O)Cc2csc3ccccc23)c1Cl. The second-order valence-corrected chi connectivity index (χ2v) is 6.77. The molecular formula is C15H13ClOS2. The van der Waals surface area contributed by atoms with Crippen molar-refractivity contribution in [1.82, 2.24) is 0 Å². The van der Waals surface area contributed by atoms with E-state index in [1.165, 1.54) is 27.0 Å². The van der Waals surface area contributed by atoms with Gasteiger partial charge in [0.05, 0.1) is 16.0 Å². The third-order valence-corrected chi connectivity index (χ3v) is 6.03. The van der Waals surface area contributed by atoms with Gasteiger partial charge in [-0.3, -0.25) is 0 Å². The van der Waals surface area contributed by atoms with Crippen LogP contribution in [0.3, 0.4) is 0 Å². The first-order chi connectivity index (χ1) is 9.16. The Labute approximate surface area is 125 Å². The summed E-state index contributed by atoms with van der Waals surface area (Å²) in [5.74, 6) is 0. The first-order valence-corrected chi connectivity index (χ1v) is 8.17. The van der Waals surface area contributed by atoms with Gasteiger partial charge >= 0.3 is 0 Å². The molecule has 1 N–H and O–H groups in total. The maximum Gasteiger partial charge on any atom is 0.0937 e. The average Bonchev–Trinajstić information content (AvgIpc) is 2.96. The number of benzene rings is 1. The molecule has 1 nitrogen and oxygen atoms in total. The molecule has 0 aliphatic rings. The van der Waals surface area contributed by atoms with Gasteiger partial charge in [-0.1, -0.05) is 29.8 Å². The van der Waals surface area contributed by atoms with Crippen molar-refractivity contribution in [3.8, 4) is 0 Å². The van der Waals surface area contributed by atoms with Crippen LogP contribution in [0, 0.1) is 6.92 Å². The van der Waals surface area contributed by atoms with E-state index >= 15 is 0 Å². The topological polar surface area (TPSA) is 20.2 Å². The van der Waals surface area contributed by atoms with E-state index in [2.05, 4.69) is 17.5 Å². The van der Waals surface area contributed by atoms with Crippen LogP contribution >= 0.6 is 34.3 Å². The van der Waals surface area contributed by atoms with Crippen LogP contribution in [0.15, 0.2) is 35.0 Å². The molecule has 1 aromatic carbocycles. The van der Waals surface area contributed by atoms with E-state index in [-0.39, 0.29) is 0 Å². The number of rotatable bonds is 3. The van der Waals surface area contributed by atoms with Crippen LogP contribution in [0.4, 0.5) is 0 Å². The maximum atomic E-state index is 10.4. The molecule has 3 rings (SSSR count). The normalized spacial score (nSPS) is 13.0. The van der Waals surface area contributed by atoms with Crippen molar-refractivity contribution in [3.63, 3.8) is 0 Å². The van der Waals surface area contributed by atoms with Crippen LogP contribution in [0.1, 0.15) is 22.1 Å². The van der Waals surface area contributed by atoms with E-state index in [1.807, 2.05) is 24.4 Å². The zero-order valence-electron chi connectivity index (χ0n) is 10.4. The van der Waals surface area contributed by atoms with E-state index < -0.39 is 6.10 Å². The molecule has 1 unspecified atom stereocenters. The Bertz CT molecular complexity index is 714. The van der Waals surface area contributed by atoms with E-state index in [4.69, 9.17) is 11.6 Å².